The fourth-order valence-electron chi connectivity index (χ4n) is 3.70. The summed E-state index contributed by atoms with van der Waals surface area (Å²) in [5.74, 6) is 1.01. The van der Waals surface area contributed by atoms with E-state index in [1.807, 2.05) is 29.2 Å². The van der Waals surface area contributed by atoms with Crippen LogP contribution in [-0.2, 0) is 13.1 Å². The van der Waals surface area contributed by atoms with Gasteiger partial charge in [-0.25, -0.2) is 0 Å². The van der Waals surface area contributed by atoms with Crippen LogP contribution in [0, 0.1) is 0 Å². The van der Waals surface area contributed by atoms with Crippen molar-refractivity contribution >= 4 is 22.9 Å². The summed E-state index contributed by atoms with van der Waals surface area (Å²) in [6.45, 7) is 3.39. The molecule has 0 aliphatic carbocycles. The number of benzene rings is 2. The highest BCUT2D eigenvalue weighted by atomic mass is 32.1. The van der Waals surface area contributed by atoms with Crippen molar-refractivity contribution in [2.75, 3.05) is 25.1 Å². The molecule has 1 amide bonds. The van der Waals surface area contributed by atoms with Gasteiger partial charge in [-0.1, -0.05) is 18.2 Å². The Hall–Kier alpha value is -2.79. The molecular formula is C24H26N2O2S. The topological polar surface area (TPSA) is 32.8 Å². The minimum atomic E-state index is 0.152. The summed E-state index contributed by atoms with van der Waals surface area (Å²) in [5.41, 5.74) is 3.12. The Morgan fingerprint density at radius 2 is 1.72 bits per heavy atom. The highest BCUT2D eigenvalue weighted by molar-refractivity contribution is 7.09. The smallest absolute Gasteiger partial charge is 0.253 e. The molecule has 0 saturated carbocycles. The summed E-state index contributed by atoms with van der Waals surface area (Å²) >= 11 is 1.77. The fourth-order valence-corrected chi connectivity index (χ4v) is 4.42. The lowest BCUT2D eigenvalue weighted by atomic mass is 10.1. The van der Waals surface area contributed by atoms with E-state index in [0.717, 1.165) is 56.0 Å². The average Bonchev–Trinajstić information content (AvgIpc) is 3.48. The third-order valence-corrected chi connectivity index (χ3v) is 6.19. The number of hydrogen-bond acceptors (Lipinski definition) is 4. The number of ether oxygens (including phenoxy) is 1. The van der Waals surface area contributed by atoms with Crippen molar-refractivity contribution in [1.82, 2.24) is 4.90 Å². The molecule has 2 heterocycles. The van der Waals surface area contributed by atoms with Crippen molar-refractivity contribution in [2.45, 2.75) is 25.9 Å². The van der Waals surface area contributed by atoms with Crippen LogP contribution in [-0.4, -0.2) is 31.0 Å². The van der Waals surface area contributed by atoms with Gasteiger partial charge < -0.3 is 14.5 Å². The van der Waals surface area contributed by atoms with E-state index in [2.05, 4.69) is 46.7 Å². The van der Waals surface area contributed by atoms with Gasteiger partial charge in [0.1, 0.15) is 5.75 Å². The number of thiophene rings is 1. The number of amides is 1. The van der Waals surface area contributed by atoms with Crippen LogP contribution in [0.4, 0.5) is 5.69 Å². The molecule has 1 fully saturated rings. The quantitative estimate of drug-likeness (QED) is 0.541. The molecule has 0 radical (unpaired) electrons. The van der Waals surface area contributed by atoms with Crippen LogP contribution >= 0.6 is 11.3 Å². The maximum Gasteiger partial charge on any atom is 0.253 e. The minimum absolute atomic E-state index is 0.152. The molecule has 1 aliphatic heterocycles. The number of hydrogen-bond donors (Lipinski definition) is 0. The molecule has 0 unspecified atom stereocenters. The molecule has 150 valence electrons. The third-order valence-electron chi connectivity index (χ3n) is 5.33. The Bertz CT molecular complexity index is 915. The maximum atomic E-state index is 12.6. The normalized spacial score (nSPS) is 13.5. The predicted molar refractivity (Wildman–Crippen MR) is 119 cm³/mol. The van der Waals surface area contributed by atoms with Crippen molar-refractivity contribution in [3.8, 4) is 5.75 Å². The third kappa shape index (κ3) is 4.80. The summed E-state index contributed by atoms with van der Waals surface area (Å²) in [7, 11) is 1.68. The number of carbonyl (C=O) groups excluding carboxylic acids is 1. The van der Waals surface area contributed by atoms with Gasteiger partial charge in [-0.05, 0) is 66.2 Å². The highest BCUT2D eigenvalue weighted by Gasteiger charge is 2.19. The van der Waals surface area contributed by atoms with Crippen LogP contribution < -0.4 is 9.64 Å². The van der Waals surface area contributed by atoms with Gasteiger partial charge in [0.05, 0.1) is 13.7 Å². The van der Waals surface area contributed by atoms with E-state index in [4.69, 9.17) is 4.74 Å². The van der Waals surface area contributed by atoms with Gasteiger partial charge in [-0.15, -0.1) is 11.3 Å². The van der Waals surface area contributed by atoms with Crippen molar-refractivity contribution in [1.29, 1.82) is 0 Å². The van der Waals surface area contributed by atoms with E-state index < -0.39 is 0 Å². The number of nitrogens with zero attached hydrogens (tertiary/aromatic N) is 2. The molecule has 1 aliphatic rings. The predicted octanol–water partition coefficient (Wildman–Crippen LogP) is 5.20. The standard InChI is InChI=1S/C24H26N2O2S/c1-28-22-12-10-21(11-13-22)26(18-23-5-4-16-29-23)17-19-6-8-20(9-7-19)24(27)25-14-2-3-15-25/h4-13,16H,2-3,14-15,17-18H2,1H3. The van der Waals surface area contributed by atoms with Gasteiger partial charge in [0, 0.05) is 35.8 Å². The molecule has 1 aromatic heterocycles. The molecule has 0 bridgehead atoms. The Morgan fingerprint density at radius 1 is 1.00 bits per heavy atom. The second-order valence-electron chi connectivity index (χ2n) is 7.33. The van der Waals surface area contributed by atoms with Gasteiger partial charge in [0.25, 0.3) is 5.91 Å². The molecule has 4 rings (SSSR count). The fraction of sp³-hybridized carbons (Fsp3) is 0.292. The monoisotopic (exact) mass is 406 g/mol. The lowest BCUT2D eigenvalue weighted by molar-refractivity contribution is 0.0793. The zero-order chi connectivity index (χ0) is 20.1. The van der Waals surface area contributed by atoms with Crippen LogP contribution in [0.15, 0.2) is 66.0 Å². The zero-order valence-corrected chi connectivity index (χ0v) is 17.5. The summed E-state index contributed by atoms with van der Waals surface area (Å²) < 4.78 is 5.30. The Morgan fingerprint density at radius 3 is 2.34 bits per heavy atom. The number of methoxy groups -OCH3 is 1. The molecular weight excluding hydrogens is 380 g/mol. The second kappa shape index (κ2) is 9.14. The number of carbonyl (C=O) groups is 1. The minimum Gasteiger partial charge on any atom is -0.497 e. The van der Waals surface area contributed by atoms with Crippen molar-refractivity contribution in [3.05, 3.63) is 82.0 Å². The molecule has 1 saturated heterocycles. The van der Waals surface area contributed by atoms with Crippen LogP contribution in [0.3, 0.4) is 0 Å². The second-order valence-corrected chi connectivity index (χ2v) is 8.36. The summed E-state index contributed by atoms with van der Waals surface area (Å²) in [5, 5.41) is 2.11. The lowest BCUT2D eigenvalue weighted by Crippen LogP contribution is -2.27. The van der Waals surface area contributed by atoms with E-state index in [0.29, 0.717) is 0 Å². The van der Waals surface area contributed by atoms with Gasteiger partial charge in [0.15, 0.2) is 0 Å². The summed E-state index contributed by atoms with van der Waals surface area (Å²) in [6.07, 6.45) is 2.23. The summed E-state index contributed by atoms with van der Waals surface area (Å²) in [4.78, 5) is 18.2. The van der Waals surface area contributed by atoms with Crippen LogP contribution in [0.25, 0.3) is 0 Å². The van der Waals surface area contributed by atoms with Crippen LogP contribution in [0.5, 0.6) is 5.75 Å². The molecule has 4 nitrogen and oxygen atoms in total. The van der Waals surface area contributed by atoms with Crippen LogP contribution in [0.2, 0.25) is 0 Å². The number of anilines is 1. The lowest BCUT2D eigenvalue weighted by Gasteiger charge is -2.25. The molecule has 0 atom stereocenters. The Kier molecular flexibility index (Phi) is 6.15. The highest BCUT2D eigenvalue weighted by Crippen LogP contribution is 2.25. The molecule has 0 N–H and O–H groups in total. The SMILES string of the molecule is COc1ccc(N(Cc2ccc(C(=O)N3CCCC3)cc2)Cc2cccs2)cc1. The average molecular weight is 407 g/mol. The van der Waals surface area contributed by atoms with Gasteiger partial charge in [0.2, 0.25) is 0 Å². The Labute approximate surface area is 176 Å². The largest absolute Gasteiger partial charge is 0.497 e. The first-order chi connectivity index (χ1) is 14.2. The van der Waals surface area contributed by atoms with E-state index >= 15 is 0 Å². The maximum absolute atomic E-state index is 12.6. The van der Waals surface area contributed by atoms with E-state index in [-0.39, 0.29) is 5.91 Å². The molecule has 2 aromatic carbocycles. The van der Waals surface area contributed by atoms with Crippen molar-refractivity contribution < 1.29 is 9.53 Å². The first kappa shape index (κ1) is 19.5. The van der Waals surface area contributed by atoms with Crippen molar-refractivity contribution in [3.63, 3.8) is 0 Å². The molecule has 3 aromatic rings. The van der Waals surface area contributed by atoms with Crippen LogP contribution in [0.1, 0.15) is 33.6 Å². The molecule has 29 heavy (non-hydrogen) atoms. The van der Waals surface area contributed by atoms with Gasteiger partial charge >= 0.3 is 0 Å². The van der Waals surface area contributed by atoms with E-state index in [9.17, 15) is 4.79 Å². The molecule has 0 spiro atoms. The van der Waals surface area contributed by atoms with Crippen molar-refractivity contribution in [2.24, 2.45) is 0 Å². The van der Waals surface area contributed by atoms with Gasteiger partial charge in [-0.3, -0.25) is 4.79 Å². The Balaban J connectivity index is 1.51. The number of rotatable bonds is 7. The van der Waals surface area contributed by atoms with E-state index in [1.54, 1.807) is 18.4 Å². The summed E-state index contributed by atoms with van der Waals surface area (Å²) in [6, 6.07) is 20.5. The van der Waals surface area contributed by atoms with Gasteiger partial charge in [-0.2, -0.15) is 0 Å². The first-order valence-corrected chi connectivity index (χ1v) is 10.9. The zero-order valence-electron chi connectivity index (χ0n) is 16.7. The number of likely N-dealkylation sites (tertiary alicyclic amines) is 1. The van der Waals surface area contributed by atoms with E-state index in [1.165, 1.54) is 10.4 Å². The molecule has 5 heteroatoms. The first-order valence-electron chi connectivity index (χ1n) is 10.0.